The molecule has 1 amide bonds. The van der Waals surface area contributed by atoms with Crippen LogP contribution < -0.4 is 5.32 Å². The summed E-state index contributed by atoms with van der Waals surface area (Å²) in [4.78, 5) is 20.9. The Bertz CT molecular complexity index is 699. The van der Waals surface area contributed by atoms with Crippen LogP contribution in [-0.2, 0) is 4.79 Å². The minimum Gasteiger partial charge on any atom is -0.311 e. The molecule has 0 aromatic carbocycles. The number of anilines is 1. The topological polar surface area (TPSA) is 54.9 Å². The molecule has 0 aliphatic carbocycles. The molecule has 6 heteroatoms. The van der Waals surface area contributed by atoms with Gasteiger partial charge in [-0.15, -0.1) is 0 Å². The van der Waals surface area contributed by atoms with Crippen molar-refractivity contribution >= 4 is 34.4 Å². The fourth-order valence-electron chi connectivity index (χ4n) is 2.02. The first-order valence-electron chi connectivity index (χ1n) is 7.00. The Morgan fingerprint density at radius 3 is 2.50 bits per heavy atom. The molecule has 3 rings (SSSR count). The average molecular weight is 329 g/mol. The first-order valence-corrected chi connectivity index (χ1v) is 8.89. The van der Waals surface area contributed by atoms with E-state index in [9.17, 15) is 4.79 Å². The maximum Gasteiger partial charge on any atom is 0.225 e. The van der Waals surface area contributed by atoms with Gasteiger partial charge in [-0.3, -0.25) is 4.79 Å². The van der Waals surface area contributed by atoms with E-state index in [1.54, 1.807) is 22.7 Å². The molecule has 112 valence electrons. The molecular formula is C16H15N3OS2. The summed E-state index contributed by atoms with van der Waals surface area (Å²) in [5, 5.41) is 10.9. The molecule has 0 aliphatic heterocycles. The van der Waals surface area contributed by atoms with E-state index in [4.69, 9.17) is 0 Å². The van der Waals surface area contributed by atoms with Crippen molar-refractivity contribution in [2.75, 3.05) is 5.32 Å². The van der Waals surface area contributed by atoms with Gasteiger partial charge >= 0.3 is 0 Å². The highest BCUT2D eigenvalue weighted by Gasteiger charge is 2.11. The van der Waals surface area contributed by atoms with Crippen LogP contribution in [0.15, 0.2) is 39.7 Å². The van der Waals surface area contributed by atoms with E-state index in [0.29, 0.717) is 18.1 Å². The number of carbonyl (C=O) groups is 1. The van der Waals surface area contributed by atoms with Gasteiger partial charge < -0.3 is 5.32 Å². The van der Waals surface area contributed by atoms with Gasteiger partial charge in [0.15, 0.2) is 5.82 Å². The molecule has 22 heavy (non-hydrogen) atoms. The SMILES string of the molecule is CCCC(=O)Nc1cc(-c2ccsc2)nc(-c2ccsc2)n1. The van der Waals surface area contributed by atoms with Crippen molar-refractivity contribution in [3.05, 3.63) is 39.7 Å². The number of nitrogens with zero attached hydrogens (tertiary/aromatic N) is 2. The second-order valence-electron chi connectivity index (χ2n) is 4.78. The number of amides is 1. The molecule has 0 unspecified atom stereocenters. The summed E-state index contributed by atoms with van der Waals surface area (Å²) in [6, 6.07) is 5.82. The standard InChI is InChI=1S/C16H15N3OS2/c1-2-3-15(20)18-14-8-13(11-4-6-21-9-11)17-16(19-14)12-5-7-22-10-12/h4-10H,2-3H2,1H3,(H,17,18,19,20). The van der Waals surface area contributed by atoms with Crippen LogP contribution in [0.3, 0.4) is 0 Å². The molecule has 3 aromatic rings. The van der Waals surface area contributed by atoms with Crippen molar-refractivity contribution in [2.24, 2.45) is 0 Å². The second kappa shape index (κ2) is 6.81. The Hall–Kier alpha value is -2.05. The number of carbonyl (C=O) groups excluding carboxylic acids is 1. The van der Waals surface area contributed by atoms with Gasteiger partial charge in [0.25, 0.3) is 0 Å². The highest BCUT2D eigenvalue weighted by molar-refractivity contribution is 7.08. The zero-order valence-electron chi connectivity index (χ0n) is 12.1. The van der Waals surface area contributed by atoms with E-state index in [2.05, 4.69) is 15.3 Å². The number of hydrogen-bond donors (Lipinski definition) is 1. The van der Waals surface area contributed by atoms with Gasteiger partial charge in [0, 0.05) is 34.4 Å². The third-order valence-electron chi connectivity index (χ3n) is 3.07. The lowest BCUT2D eigenvalue weighted by Gasteiger charge is -2.08. The molecule has 0 atom stereocenters. The lowest BCUT2D eigenvalue weighted by Crippen LogP contribution is -2.12. The molecule has 1 N–H and O–H groups in total. The summed E-state index contributed by atoms with van der Waals surface area (Å²) in [5.74, 6) is 1.17. The van der Waals surface area contributed by atoms with Crippen molar-refractivity contribution in [1.29, 1.82) is 0 Å². The van der Waals surface area contributed by atoms with Gasteiger partial charge in [0.1, 0.15) is 5.82 Å². The first-order chi connectivity index (χ1) is 10.8. The highest BCUT2D eigenvalue weighted by Crippen LogP contribution is 2.26. The normalized spacial score (nSPS) is 10.6. The summed E-state index contributed by atoms with van der Waals surface area (Å²) < 4.78 is 0. The number of nitrogens with one attached hydrogen (secondary N) is 1. The molecule has 0 fully saturated rings. The van der Waals surface area contributed by atoms with Crippen LogP contribution in [-0.4, -0.2) is 15.9 Å². The summed E-state index contributed by atoms with van der Waals surface area (Å²) >= 11 is 3.22. The summed E-state index contributed by atoms with van der Waals surface area (Å²) in [5.41, 5.74) is 2.83. The van der Waals surface area contributed by atoms with E-state index in [-0.39, 0.29) is 5.91 Å². The molecule has 0 saturated heterocycles. The molecule has 3 aromatic heterocycles. The number of thiophene rings is 2. The van der Waals surface area contributed by atoms with E-state index in [1.807, 2.05) is 46.6 Å². The van der Waals surface area contributed by atoms with E-state index in [0.717, 1.165) is 23.2 Å². The lowest BCUT2D eigenvalue weighted by molar-refractivity contribution is -0.116. The third kappa shape index (κ3) is 3.40. The van der Waals surface area contributed by atoms with E-state index in [1.165, 1.54) is 0 Å². The molecule has 0 aliphatic rings. The van der Waals surface area contributed by atoms with Gasteiger partial charge in [-0.25, -0.2) is 9.97 Å². The van der Waals surface area contributed by atoms with Gasteiger partial charge in [0.2, 0.25) is 5.91 Å². The van der Waals surface area contributed by atoms with E-state index >= 15 is 0 Å². The minimum absolute atomic E-state index is 0.0197. The van der Waals surface area contributed by atoms with Crippen molar-refractivity contribution in [3.63, 3.8) is 0 Å². The maximum absolute atomic E-state index is 11.8. The monoisotopic (exact) mass is 329 g/mol. The summed E-state index contributed by atoms with van der Waals surface area (Å²) in [7, 11) is 0. The van der Waals surface area contributed by atoms with Crippen molar-refractivity contribution < 1.29 is 4.79 Å². The zero-order valence-corrected chi connectivity index (χ0v) is 13.7. The molecule has 0 saturated carbocycles. The Morgan fingerprint density at radius 2 is 1.86 bits per heavy atom. The Labute approximate surface area is 136 Å². The van der Waals surface area contributed by atoms with E-state index < -0.39 is 0 Å². The van der Waals surface area contributed by atoms with Crippen molar-refractivity contribution in [3.8, 4) is 22.6 Å². The minimum atomic E-state index is -0.0197. The smallest absolute Gasteiger partial charge is 0.225 e. The van der Waals surface area contributed by atoms with Crippen LogP contribution in [0.25, 0.3) is 22.6 Å². The van der Waals surface area contributed by atoms with Crippen LogP contribution in [0.1, 0.15) is 19.8 Å². The fourth-order valence-corrected chi connectivity index (χ4v) is 3.31. The largest absolute Gasteiger partial charge is 0.311 e. The zero-order chi connectivity index (χ0) is 15.4. The second-order valence-corrected chi connectivity index (χ2v) is 6.34. The van der Waals surface area contributed by atoms with Gasteiger partial charge in [-0.05, 0) is 29.3 Å². The van der Waals surface area contributed by atoms with Crippen molar-refractivity contribution in [2.45, 2.75) is 19.8 Å². The molecule has 4 nitrogen and oxygen atoms in total. The lowest BCUT2D eigenvalue weighted by atomic mass is 10.2. The Kier molecular flexibility index (Phi) is 4.60. The van der Waals surface area contributed by atoms with Crippen molar-refractivity contribution in [1.82, 2.24) is 9.97 Å². The quantitative estimate of drug-likeness (QED) is 0.740. The molecular weight excluding hydrogens is 314 g/mol. The Morgan fingerprint density at radius 1 is 1.14 bits per heavy atom. The fraction of sp³-hybridized carbons (Fsp3) is 0.188. The number of hydrogen-bond acceptors (Lipinski definition) is 5. The number of rotatable bonds is 5. The van der Waals surface area contributed by atoms with Crippen LogP contribution >= 0.6 is 22.7 Å². The predicted molar refractivity (Wildman–Crippen MR) is 92.2 cm³/mol. The Balaban J connectivity index is 2.00. The first kappa shape index (κ1) is 14.9. The molecule has 0 radical (unpaired) electrons. The van der Waals surface area contributed by atoms with Crippen LogP contribution in [0.5, 0.6) is 0 Å². The predicted octanol–water partition coefficient (Wildman–Crippen LogP) is 4.67. The molecule has 0 bridgehead atoms. The van der Waals surface area contributed by atoms with Crippen LogP contribution in [0, 0.1) is 0 Å². The van der Waals surface area contributed by atoms with Crippen LogP contribution in [0.4, 0.5) is 5.82 Å². The van der Waals surface area contributed by atoms with Gasteiger partial charge in [-0.1, -0.05) is 6.92 Å². The van der Waals surface area contributed by atoms with Gasteiger partial charge in [0.05, 0.1) is 5.69 Å². The van der Waals surface area contributed by atoms with Crippen LogP contribution in [0.2, 0.25) is 0 Å². The average Bonchev–Trinajstić information content (AvgIpc) is 3.21. The number of aromatic nitrogens is 2. The summed E-state index contributed by atoms with van der Waals surface area (Å²) in [6.45, 7) is 1.98. The maximum atomic E-state index is 11.8. The third-order valence-corrected chi connectivity index (χ3v) is 4.43. The summed E-state index contributed by atoms with van der Waals surface area (Å²) in [6.07, 6.45) is 1.30. The molecule has 0 spiro atoms. The molecule has 3 heterocycles. The van der Waals surface area contributed by atoms with Gasteiger partial charge in [-0.2, -0.15) is 22.7 Å². The highest BCUT2D eigenvalue weighted by atomic mass is 32.1.